The van der Waals surface area contributed by atoms with E-state index in [4.69, 9.17) is 11.6 Å². The third-order valence-electron chi connectivity index (χ3n) is 3.26. The molecule has 2 aromatic rings. The normalized spacial score (nSPS) is 12.6. The maximum absolute atomic E-state index is 6.04. The van der Waals surface area contributed by atoms with Crippen molar-refractivity contribution in [2.75, 3.05) is 6.54 Å². The molecule has 1 aromatic heterocycles. The predicted octanol–water partition coefficient (Wildman–Crippen LogP) is 3.47. The van der Waals surface area contributed by atoms with Gasteiger partial charge in [-0.05, 0) is 43.1 Å². The Balaban J connectivity index is 2.40. The predicted molar refractivity (Wildman–Crippen MR) is 79.5 cm³/mol. The quantitative estimate of drug-likeness (QED) is 0.907. The maximum atomic E-state index is 6.04. The van der Waals surface area contributed by atoms with Gasteiger partial charge in [0, 0.05) is 24.5 Å². The molecule has 1 N–H and O–H groups in total. The lowest BCUT2D eigenvalue weighted by atomic mass is 10.0. The molecule has 1 aromatic carbocycles. The van der Waals surface area contributed by atoms with Gasteiger partial charge in [-0.1, -0.05) is 24.6 Å². The van der Waals surface area contributed by atoms with Gasteiger partial charge < -0.3 is 9.88 Å². The van der Waals surface area contributed by atoms with E-state index >= 15 is 0 Å². The number of rotatable bonds is 5. The Labute approximate surface area is 119 Å². The number of aryl methyl sites for hydroxylation is 2. The van der Waals surface area contributed by atoms with E-state index in [0.29, 0.717) is 0 Å². The summed E-state index contributed by atoms with van der Waals surface area (Å²) in [6.45, 7) is 5.21. The topological polar surface area (TPSA) is 29.9 Å². The minimum absolute atomic E-state index is 0.109. The van der Waals surface area contributed by atoms with Gasteiger partial charge in [-0.2, -0.15) is 0 Å². The number of benzene rings is 1. The second-order valence-corrected chi connectivity index (χ2v) is 5.22. The van der Waals surface area contributed by atoms with Gasteiger partial charge in [0.25, 0.3) is 0 Å². The van der Waals surface area contributed by atoms with E-state index in [1.165, 1.54) is 11.1 Å². The Morgan fingerprint density at radius 2 is 2.21 bits per heavy atom. The first-order chi connectivity index (χ1) is 9.13. The number of hydrogen-bond acceptors (Lipinski definition) is 2. The zero-order valence-electron chi connectivity index (χ0n) is 11.7. The van der Waals surface area contributed by atoms with E-state index < -0.39 is 0 Å². The summed E-state index contributed by atoms with van der Waals surface area (Å²) in [5, 5.41) is 4.34. The monoisotopic (exact) mass is 277 g/mol. The molecule has 0 saturated heterocycles. The summed E-state index contributed by atoms with van der Waals surface area (Å²) in [4.78, 5) is 4.48. The fourth-order valence-corrected chi connectivity index (χ4v) is 2.47. The highest BCUT2D eigenvalue weighted by Crippen LogP contribution is 2.25. The van der Waals surface area contributed by atoms with Crippen LogP contribution in [-0.2, 0) is 7.05 Å². The number of hydrogen-bond donors (Lipinski definition) is 1. The number of imidazole rings is 1. The molecule has 0 amide bonds. The number of aromatic nitrogens is 2. The summed E-state index contributed by atoms with van der Waals surface area (Å²) < 4.78 is 2.06. The van der Waals surface area contributed by atoms with Crippen molar-refractivity contribution in [1.82, 2.24) is 14.9 Å². The number of halogens is 1. The van der Waals surface area contributed by atoms with E-state index in [0.717, 1.165) is 23.8 Å². The van der Waals surface area contributed by atoms with E-state index in [-0.39, 0.29) is 6.04 Å². The standard InChI is InChI=1S/C15H20ClN3/c1-4-7-17-14(15-18-8-9-19(15)3)13-6-5-12(16)10-11(13)2/h5-6,8-10,14,17H,4,7H2,1-3H3. The molecule has 1 heterocycles. The Morgan fingerprint density at radius 1 is 1.42 bits per heavy atom. The van der Waals surface area contributed by atoms with Crippen molar-refractivity contribution in [2.45, 2.75) is 26.3 Å². The molecule has 0 aliphatic carbocycles. The van der Waals surface area contributed by atoms with Gasteiger partial charge in [0.1, 0.15) is 5.82 Å². The second-order valence-electron chi connectivity index (χ2n) is 4.78. The fourth-order valence-electron chi connectivity index (χ4n) is 2.25. The van der Waals surface area contributed by atoms with Gasteiger partial charge in [0.2, 0.25) is 0 Å². The van der Waals surface area contributed by atoms with E-state index in [2.05, 4.69) is 34.8 Å². The van der Waals surface area contributed by atoms with Gasteiger partial charge >= 0.3 is 0 Å². The lowest BCUT2D eigenvalue weighted by Crippen LogP contribution is -2.26. The van der Waals surface area contributed by atoms with Gasteiger partial charge in [-0.3, -0.25) is 0 Å². The summed E-state index contributed by atoms with van der Waals surface area (Å²) in [7, 11) is 2.02. The van der Waals surface area contributed by atoms with Gasteiger partial charge in [0.15, 0.2) is 0 Å². The van der Waals surface area contributed by atoms with Crippen LogP contribution < -0.4 is 5.32 Å². The molecule has 0 saturated carbocycles. The first kappa shape index (κ1) is 14.1. The fraction of sp³-hybridized carbons (Fsp3) is 0.400. The summed E-state index contributed by atoms with van der Waals surface area (Å²) >= 11 is 6.04. The van der Waals surface area contributed by atoms with Gasteiger partial charge in [0.05, 0.1) is 6.04 Å². The summed E-state index contributed by atoms with van der Waals surface area (Å²) in [5.74, 6) is 1.03. The summed E-state index contributed by atoms with van der Waals surface area (Å²) in [6.07, 6.45) is 4.90. The highest BCUT2D eigenvalue weighted by atomic mass is 35.5. The molecule has 0 spiro atoms. The van der Waals surface area contributed by atoms with Gasteiger partial charge in [-0.25, -0.2) is 4.98 Å². The SMILES string of the molecule is CCCNC(c1ccc(Cl)cc1C)c1nccn1C. The van der Waals surface area contributed by atoms with Crippen molar-refractivity contribution in [3.63, 3.8) is 0 Å². The lowest BCUT2D eigenvalue weighted by molar-refractivity contribution is 0.553. The lowest BCUT2D eigenvalue weighted by Gasteiger charge is -2.21. The first-order valence-electron chi connectivity index (χ1n) is 6.60. The average Bonchev–Trinajstić information content (AvgIpc) is 2.78. The van der Waals surface area contributed by atoms with Crippen LogP contribution in [0.4, 0.5) is 0 Å². The molecular weight excluding hydrogens is 258 g/mol. The molecule has 0 radical (unpaired) electrons. The molecule has 3 nitrogen and oxygen atoms in total. The van der Waals surface area contributed by atoms with Crippen LogP contribution in [0.3, 0.4) is 0 Å². The molecular formula is C15H20ClN3. The minimum atomic E-state index is 0.109. The maximum Gasteiger partial charge on any atom is 0.130 e. The van der Waals surface area contributed by atoms with E-state index in [1.807, 2.05) is 31.6 Å². The Bertz CT molecular complexity index is 548. The number of nitrogens with one attached hydrogen (secondary N) is 1. The molecule has 0 fully saturated rings. The summed E-state index contributed by atoms with van der Waals surface area (Å²) in [5.41, 5.74) is 2.41. The molecule has 0 aliphatic rings. The van der Waals surface area contributed by atoms with Crippen LogP contribution in [0.2, 0.25) is 5.02 Å². The Morgan fingerprint density at radius 3 is 2.79 bits per heavy atom. The van der Waals surface area contributed by atoms with Crippen LogP contribution in [-0.4, -0.2) is 16.1 Å². The molecule has 0 bridgehead atoms. The Kier molecular flexibility index (Phi) is 4.61. The smallest absolute Gasteiger partial charge is 0.130 e. The molecule has 2 rings (SSSR count). The van der Waals surface area contributed by atoms with Crippen LogP contribution in [0.5, 0.6) is 0 Å². The van der Waals surface area contributed by atoms with Crippen LogP contribution in [0.25, 0.3) is 0 Å². The second kappa shape index (κ2) is 6.22. The van der Waals surface area contributed by atoms with Crippen molar-refractivity contribution in [1.29, 1.82) is 0 Å². The van der Waals surface area contributed by atoms with Crippen LogP contribution in [0.1, 0.15) is 36.3 Å². The van der Waals surface area contributed by atoms with Crippen molar-refractivity contribution in [3.05, 3.63) is 52.6 Å². The highest BCUT2D eigenvalue weighted by molar-refractivity contribution is 6.30. The zero-order valence-corrected chi connectivity index (χ0v) is 12.4. The van der Waals surface area contributed by atoms with E-state index in [1.54, 1.807) is 0 Å². The van der Waals surface area contributed by atoms with Gasteiger partial charge in [-0.15, -0.1) is 0 Å². The molecule has 1 atom stereocenters. The van der Waals surface area contributed by atoms with Crippen LogP contribution in [0, 0.1) is 6.92 Å². The zero-order chi connectivity index (χ0) is 13.8. The highest BCUT2D eigenvalue weighted by Gasteiger charge is 2.19. The van der Waals surface area contributed by atoms with Crippen LogP contribution in [0.15, 0.2) is 30.6 Å². The largest absolute Gasteiger partial charge is 0.336 e. The van der Waals surface area contributed by atoms with Crippen molar-refractivity contribution >= 4 is 11.6 Å². The Hall–Kier alpha value is -1.32. The minimum Gasteiger partial charge on any atom is -0.336 e. The molecule has 102 valence electrons. The molecule has 19 heavy (non-hydrogen) atoms. The number of nitrogens with zero attached hydrogens (tertiary/aromatic N) is 2. The first-order valence-corrected chi connectivity index (χ1v) is 6.98. The van der Waals surface area contributed by atoms with E-state index in [9.17, 15) is 0 Å². The molecule has 0 aliphatic heterocycles. The third kappa shape index (κ3) is 3.17. The third-order valence-corrected chi connectivity index (χ3v) is 3.49. The summed E-state index contributed by atoms with van der Waals surface area (Å²) in [6, 6.07) is 6.13. The van der Waals surface area contributed by atoms with Crippen LogP contribution >= 0.6 is 11.6 Å². The average molecular weight is 278 g/mol. The van der Waals surface area contributed by atoms with Crippen molar-refractivity contribution < 1.29 is 0 Å². The molecule has 1 unspecified atom stereocenters. The van der Waals surface area contributed by atoms with Crippen molar-refractivity contribution in [2.24, 2.45) is 7.05 Å². The molecule has 4 heteroatoms. The van der Waals surface area contributed by atoms with Crippen molar-refractivity contribution in [3.8, 4) is 0 Å².